The molecule has 1 aromatic rings. The van der Waals surface area contributed by atoms with Gasteiger partial charge in [0, 0.05) is 38.3 Å². The number of sulfonamides is 1. The quantitative estimate of drug-likeness (QED) is 0.681. The molecule has 0 saturated carbocycles. The summed E-state index contributed by atoms with van der Waals surface area (Å²) >= 11 is 0. The largest absolute Gasteiger partial charge is 0.481 e. The number of carbonyl (C=O) groups is 1. The van der Waals surface area contributed by atoms with Crippen molar-refractivity contribution in [2.75, 3.05) is 12.3 Å². The van der Waals surface area contributed by atoms with Gasteiger partial charge >= 0.3 is 5.97 Å². The molecule has 0 radical (unpaired) electrons. The smallest absolute Gasteiger partial charge is 0.303 e. The van der Waals surface area contributed by atoms with E-state index < -0.39 is 16.0 Å². The molecule has 0 aliphatic heterocycles. The molecule has 0 aromatic carbocycles. The summed E-state index contributed by atoms with van der Waals surface area (Å²) in [5.41, 5.74) is 0.934. The molecule has 7 nitrogen and oxygen atoms in total. The second kappa shape index (κ2) is 6.50. The molecule has 8 heteroatoms. The van der Waals surface area contributed by atoms with Crippen LogP contribution in [0.5, 0.6) is 0 Å². The number of aliphatic carboxylic acids is 1. The van der Waals surface area contributed by atoms with E-state index >= 15 is 0 Å². The number of aromatic nitrogens is 2. The topological polar surface area (TPSA) is 101 Å². The molecule has 0 bridgehead atoms. The summed E-state index contributed by atoms with van der Waals surface area (Å²) in [4.78, 5) is 10.3. The van der Waals surface area contributed by atoms with Crippen molar-refractivity contribution in [2.45, 2.75) is 19.3 Å². The summed E-state index contributed by atoms with van der Waals surface area (Å²) < 4.78 is 27.1. The molecule has 0 unspecified atom stereocenters. The Bertz CT molecular complexity index is 495. The van der Waals surface area contributed by atoms with Crippen LogP contribution >= 0.6 is 0 Å². The van der Waals surface area contributed by atoms with Gasteiger partial charge in [-0.2, -0.15) is 5.10 Å². The van der Waals surface area contributed by atoms with Crippen molar-refractivity contribution in [2.24, 2.45) is 7.05 Å². The van der Waals surface area contributed by atoms with Crippen molar-refractivity contribution in [3.8, 4) is 0 Å². The Morgan fingerprint density at radius 1 is 1.56 bits per heavy atom. The van der Waals surface area contributed by atoms with Crippen LogP contribution in [0, 0.1) is 0 Å². The lowest BCUT2D eigenvalue weighted by molar-refractivity contribution is -0.137. The Labute approximate surface area is 106 Å². The number of carboxylic acid groups (broad SMARTS) is 1. The van der Waals surface area contributed by atoms with Crippen LogP contribution in [-0.4, -0.2) is 41.6 Å². The van der Waals surface area contributed by atoms with Gasteiger partial charge in [0.05, 0.1) is 5.75 Å². The normalized spacial score (nSPS) is 11.6. The number of nitrogens with one attached hydrogen (secondary N) is 1. The molecule has 18 heavy (non-hydrogen) atoms. The van der Waals surface area contributed by atoms with E-state index in [0.717, 1.165) is 5.69 Å². The maximum absolute atomic E-state index is 11.5. The van der Waals surface area contributed by atoms with Gasteiger partial charge in [0.25, 0.3) is 0 Å². The molecule has 1 rings (SSSR count). The highest BCUT2D eigenvalue weighted by atomic mass is 32.2. The monoisotopic (exact) mass is 275 g/mol. The molecule has 0 amide bonds. The molecular formula is C10H17N3O4S. The maximum atomic E-state index is 11.5. The first-order valence-electron chi connectivity index (χ1n) is 5.57. The molecule has 1 aromatic heterocycles. The molecular weight excluding hydrogens is 258 g/mol. The Morgan fingerprint density at radius 3 is 2.83 bits per heavy atom. The summed E-state index contributed by atoms with van der Waals surface area (Å²) in [6.07, 6.45) is 2.18. The Hall–Kier alpha value is -1.41. The van der Waals surface area contributed by atoms with Gasteiger partial charge in [-0.15, -0.1) is 0 Å². The van der Waals surface area contributed by atoms with Crippen LogP contribution in [0.1, 0.15) is 18.5 Å². The lowest BCUT2D eigenvalue weighted by Gasteiger charge is -2.06. The number of hydrogen-bond acceptors (Lipinski definition) is 4. The first-order chi connectivity index (χ1) is 8.41. The van der Waals surface area contributed by atoms with Crippen molar-refractivity contribution < 1.29 is 18.3 Å². The average Bonchev–Trinajstić information content (AvgIpc) is 2.63. The van der Waals surface area contributed by atoms with Crippen LogP contribution < -0.4 is 4.72 Å². The van der Waals surface area contributed by atoms with E-state index in [0.29, 0.717) is 6.42 Å². The van der Waals surface area contributed by atoms with Crippen LogP contribution in [0.3, 0.4) is 0 Å². The fourth-order valence-corrected chi connectivity index (χ4v) is 2.55. The zero-order valence-electron chi connectivity index (χ0n) is 10.2. The van der Waals surface area contributed by atoms with Crippen LogP contribution in [0.15, 0.2) is 12.3 Å². The number of rotatable bonds is 8. The Kier molecular flexibility index (Phi) is 5.29. The molecule has 0 atom stereocenters. The van der Waals surface area contributed by atoms with Gasteiger partial charge in [-0.1, -0.05) is 0 Å². The molecule has 102 valence electrons. The van der Waals surface area contributed by atoms with Gasteiger partial charge in [-0.05, 0) is 12.5 Å². The van der Waals surface area contributed by atoms with E-state index in [1.807, 2.05) is 6.07 Å². The highest BCUT2D eigenvalue weighted by Crippen LogP contribution is 1.98. The summed E-state index contributed by atoms with van der Waals surface area (Å²) in [5.74, 6) is -1.15. The van der Waals surface area contributed by atoms with Crippen LogP contribution in [0.4, 0.5) is 0 Å². The van der Waals surface area contributed by atoms with Crippen molar-refractivity contribution >= 4 is 16.0 Å². The minimum absolute atomic E-state index is 0.121. The third-order valence-electron chi connectivity index (χ3n) is 2.43. The molecule has 0 fully saturated rings. The van der Waals surface area contributed by atoms with Crippen molar-refractivity contribution in [1.29, 1.82) is 0 Å². The number of aryl methyl sites for hydroxylation is 1. The molecule has 0 aliphatic carbocycles. The Balaban J connectivity index is 2.29. The number of hydrogen-bond donors (Lipinski definition) is 2. The van der Waals surface area contributed by atoms with Crippen molar-refractivity contribution in [1.82, 2.24) is 14.5 Å². The molecule has 0 aliphatic rings. The lowest BCUT2D eigenvalue weighted by Crippen LogP contribution is -2.29. The molecule has 2 N–H and O–H groups in total. The van der Waals surface area contributed by atoms with Gasteiger partial charge in [-0.25, -0.2) is 13.1 Å². The van der Waals surface area contributed by atoms with E-state index in [4.69, 9.17) is 5.11 Å². The minimum Gasteiger partial charge on any atom is -0.481 e. The predicted molar refractivity (Wildman–Crippen MR) is 65.6 cm³/mol. The van der Waals surface area contributed by atoms with E-state index in [1.54, 1.807) is 17.9 Å². The second-order valence-corrected chi connectivity index (χ2v) is 5.83. The highest BCUT2D eigenvalue weighted by molar-refractivity contribution is 7.89. The first kappa shape index (κ1) is 14.7. The molecule has 0 spiro atoms. The van der Waals surface area contributed by atoms with Crippen molar-refractivity contribution in [3.05, 3.63) is 18.0 Å². The standard InChI is InChI=1S/C10H17N3O4S/c1-13-9(4-6-11-13)5-7-12-18(16,17)8-2-3-10(14)15/h4,6,12H,2-3,5,7-8H2,1H3,(H,14,15). The highest BCUT2D eigenvalue weighted by Gasteiger charge is 2.11. The third-order valence-corrected chi connectivity index (χ3v) is 3.90. The Morgan fingerprint density at radius 2 is 2.28 bits per heavy atom. The first-order valence-corrected chi connectivity index (χ1v) is 7.22. The van der Waals surface area contributed by atoms with Crippen LogP contribution in [0.25, 0.3) is 0 Å². The number of nitrogens with zero attached hydrogens (tertiary/aromatic N) is 2. The molecule has 0 saturated heterocycles. The lowest BCUT2D eigenvalue weighted by atomic mass is 10.3. The fraction of sp³-hybridized carbons (Fsp3) is 0.600. The van der Waals surface area contributed by atoms with Crippen LogP contribution in [-0.2, 0) is 28.3 Å². The van der Waals surface area contributed by atoms with E-state index in [1.165, 1.54) is 0 Å². The zero-order chi connectivity index (χ0) is 13.6. The minimum atomic E-state index is -3.39. The average molecular weight is 275 g/mol. The summed E-state index contributed by atoms with van der Waals surface area (Å²) in [5, 5.41) is 12.4. The number of carboxylic acids is 1. The van der Waals surface area contributed by atoms with Gasteiger partial charge < -0.3 is 5.11 Å². The van der Waals surface area contributed by atoms with Gasteiger partial charge in [-0.3, -0.25) is 9.48 Å². The van der Waals surface area contributed by atoms with Crippen LogP contribution in [0.2, 0.25) is 0 Å². The van der Waals surface area contributed by atoms with E-state index in [9.17, 15) is 13.2 Å². The van der Waals surface area contributed by atoms with Gasteiger partial charge in [0.15, 0.2) is 0 Å². The second-order valence-electron chi connectivity index (χ2n) is 3.91. The summed E-state index contributed by atoms with van der Waals surface area (Å²) in [7, 11) is -1.60. The summed E-state index contributed by atoms with van der Waals surface area (Å²) in [6, 6.07) is 1.82. The van der Waals surface area contributed by atoms with E-state index in [-0.39, 0.29) is 25.1 Å². The third kappa shape index (κ3) is 5.28. The van der Waals surface area contributed by atoms with Gasteiger partial charge in [0.2, 0.25) is 10.0 Å². The summed E-state index contributed by atoms with van der Waals surface area (Å²) in [6.45, 7) is 0.287. The SMILES string of the molecule is Cn1nccc1CCNS(=O)(=O)CCCC(=O)O. The maximum Gasteiger partial charge on any atom is 0.303 e. The molecule has 1 heterocycles. The fourth-order valence-electron chi connectivity index (χ4n) is 1.47. The zero-order valence-corrected chi connectivity index (χ0v) is 11.0. The van der Waals surface area contributed by atoms with E-state index in [2.05, 4.69) is 9.82 Å². The van der Waals surface area contributed by atoms with Gasteiger partial charge in [0.1, 0.15) is 0 Å². The van der Waals surface area contributed by atoms with Crippen molar-refractivity contribution in [3.63, 3.8) is 0 Å². The predicted octanol–water partition coefficient (Wildman–Crippen LogP) is -0.253.